The number of carbonyl (C=O) groups is 2. The van der Waals surface area contributed by atoms with E-state index in [1.54, 1.807) is 6.08 Å². The molecule has 1 N–H and O–H groups in total. The molecule has 0 unspecified atom stereocenters. The lowest BCUT2D eigenvalue weighted by Crippen LogP contribution is -2.54. The molecule has 1 saturated heterocycles. The van der Waals surface area contributed by atoms with Crippen LogP contribution in [0.4, 0.5) is 5.69 Å². The summed E-state index contributed by atoms with van der Waals surface area (Å²) in [4.78, 5) is 28.1. The predicted molar refractivity (Wildman–Crippen MR) is 148 cm³/mol. The Morgan fingerprint density at radius 2 is 1.53 bits per heavy atom. The van der Waals surface area contributed by atoms with Crippen molar-refractivity contribution in [1.82, 2.24) is 9.88 Å². The summed E-state index contributed by atoms with van der Waals surface area (Å²) < 4.78 is 2.14. The fourth-order valence-corrected chi connectivity index (χ4v) is 4.84. The monoisotopic (exact) mass is 491 g/mol. The number of hydrogen-bond donors (Lipinski definition) is 1. The summed E-state index contributed by atoms with van der Waals surface area (Å²) in [7, 11) is 0. The quantitative estimate of drug-likeness (QED) is 0.217. The number of carbonyl (C=O) groups excluding carboxylic acids is 2. The number of anilines is 1. The molecule has 2 amide bonds. The summed E-state index contributed by atoms with van der Waals surface area (Å²) in [6.45, 7) is 4.01. The van der Waals surface area contributed by atoms with Crippen LogP contribution in [0.15, 0.2) is 96.6 Å². The molecule has 1 aromatic heterocycles. The smallest absolute Gasteiger partial charge is 0.270 e. The number of nitrogens with one attached hydrogen (secondary N) is 1. The van der Waals surface area contributed by atoms with Crippen molar-refractivity contribution in [2.45, 2.75) is 20.3 Å². The highest BCUT2D eigenvalue weighted by Gasteiger charge is 2.35. The standard InChI is InChI=1S/C30H25N3O2S/c1-3-21-12-10-11-17-26(21)33-29(35)25(28(34)31-30(33)36)18-23-19-27(22-13-6-4-7-14-22)32(20(23)2)24-15-8-5-9-16-24/h4-19H,3H2,1-2H3,(H,31,34,36). The van der Waals surface area contributed by atoms with Crippen molar-refractivity contribution in [3.8, 4) is 16.9 Å². The van der Waals surface area contributed by atoms with Crippen molar-refractivity contribution in [1.29, 1.82) is 0 Å². The van der Waals surface area contributed by atoms with Crippen LogP contribution in [0.25, 0.3) is 23.0 Å². The third-order valence-corrected chi connectivity index (χ3v) is 6.67. The van der Waals surface area contributed by atoms with Crippen molar-refractivity contribution in [2.24, 2.45) is 0 Å². The van der Waals surface area contributed by atoms with Crippen LogP contribution in [-0.2, 0) is 16.0 Å². The first-order valence-corrected chi connectivity index (χ1v) is 12.2. The highest BCUT2D eigenvalue weighted by Crippen LogP contribution is 2.32. The van der Waals surface area contributed by atoms with Crippen molar-refractivity contribution in [3.63, 3.8) is 0 Å². The molecule has 2 heterocycles. The van der Waals surface area contributed by atoms with E-state index in [9.17, 15) is 9.59 Å². The fraction of sp³-hybridized carbons (Fsp3) is 0.100. The van der Waals surface area contributed by atoms with Gasteiger partial charge in [-0.3, -0.25) is 19.8 Å². The molecule has 4 aromatic rings. The lowest BCUT2D eigenvalue weighted by Gasteiger charge is -2.30. The maximum absolute atomic E-state index is 13.7. The van der Waals surface area contributed by atoms with Crippen LogP contribution in [0, 0.1) is 6.92 Å². The first kappa shape index (κ1) is 23.5. The molecule has 3 aromatic carbocycles. The third-order valence-electron chi connectivity index (χ3n) is 6.39. The Balaban J connectivity index is 1.65. The van der Waals surface area contributed by atoms with Gasteiger partial charge < -0.3 is 4.57 Å². The predicted octanol–water partition coefficient (Wildman–Crippen LogP) is 5.85. The molecule has 1 fully saturated rings. The summed E-state index contributed by atoms with van der Waals surface area (Å²) in [6.07, 6.45) is 2.40. The Bertz CT molecular complexity index is 1500. The molecular formula is C30H25N3O2S. The van der Waals surface area contributed by atoms with E-state index in [1.165, 1.54) is 4.90 Å². The zero-order valence-corrected chi connectivity index (χ0v) is 20.9. The maximum atomic E-state index is 13.7. The fourth-order valence-electron chi connectivity index (χ4n) is 4.56. The van der Waals surface area contributed by atoms with Crippen molar-refractivity contribution >= 4 is 40.9 Å². The van der Waals surface area contributed by atoms with Gasteiger partial charge in [-0.15, -0.1) is 0 Å². The number of nitrogens with zero attached hydrogens (tertiary/aromatic N) is 2. The van der Waals surface area contributed by atoms with E-state index in [-0.39, 0.29) is 10.7 Å². The Labute approximate surface area is 215 Å². The number of aryl methyl sites for hydroxylation is 1. The molecule has 0 atom stereocenters. The Morgan fingerprint density at radius 3 is 2.22 bits per heavy atom. The van der Waals surface area contributed by atoms with Gasteiger partial charge in [0.25, 0.3) is 11.8 Å². The van der Waals surface area contributed by atoms with Crippen molar-refractivity contribution < 1.29 is 9.59 Å². The average molecular weight is 492 g/mol. The minimum absolute atomic E-state index is 0.0439. The second-order valence-electron chi connectivity index (χ2n) is 8.55. The Morgan fingerprint density at radius 1 is 0.889 bits per heavy atom. The first-order chi connectivity index (χ1) is 17.5. The van der Waals surface area contributed by atoms with Gasteiger partial charge in [0.2, 0.25) is 0 Å². The van der Waals surface area contributed by atoms with Gasteiger partial charge in [-0.2, -0.15) is 0 Å². The van der Waals surface area contributed by atoms with Gasteiger partial charge in [-0.05, 0) is 72.6 Å². The zero-order valence-electron chi connectivity index (χ0n) is 20.1. The summed E-state index contributed by atoms with van der Waals surface area (Å²) >= 11 is 5.41. The summed E-state index contributed by atoms with van der Waals surface area (Å²) in [5.41, 5.74) is 6.41. The van der Waals surface area contributed by atoms with E-state index in [0.29, 0.717) is 5.69 Å². The third kappa shape index (κ3) is 4.16. The maximum Gasteiger partial charge on any atom is 0.270 e. The number of amides is 2. The van der Waals surface area contributed by atoms with Crippen LogP contribution in [0.2, 0.25) is 0 Å². The van der Waals surface area contributed by atoms with Crippen LogP contribution in [0.3, 0.4) is 0 Å². The minimum Gasteiger partial charge on any atom is -0.313 e. The minimum atomic E-state index is -0.497. The van der Waals surface area contributed by atoms with E-state index in [4.69, 9.17) is 12.2 Å². The average Bonchev–Trinajstić information content (AvgIpc) is 3.23. The summed E-state index contributed by atoms with van der Waals surface area (Å²) in [6, 6.07) is 29.7. The SMILES string of the molecule is CCc1ccccc1N1C(=O)C(=Cc2cc(-c3ccccc3)n(-c3ccccc3)c2C)C(=O)NC1=S. The summed E-state index contributed by atoms with van der Waals surface area (Å²) in [5.74, 6) is -0.930. The van der Waals surface area contributed by atoms with Gasteiger partial charge in [0, 0.05) is 11.4 Å². The number of para-hydroxylation sites is 2. The summed E-state index contributed by atoms with van der Waals surface area (Å²) in [5, 5.41) is 2.80. The molecular weight excluding hydrogens is 466 g/mol. The topological polar surface area (TPSA) is 54.3 Å². The highest BCUT2D eigenvalue weighted by atomic mass is 32.1. The first-order valence-electron chi connectivity index (χ1n) is 11.8. The molecule has 5 rings (SSSR count). The molecule has 0 bridgehead atoms. The second kappa shape index (κ2) is 9.76. The molecule has 1 aliphatic heterocycles. The Kier molecular flexibility index (Phi) is 6.36. The van der Waals surface area contributed by atoms with Gasteiger partial charge in [0.1, 0.15) is 5.57 Å². The normalized spacial score (nSPS) is 14.9. The molecule has 0 radical (unpaired) electrons. The molecule has 0 spiro atoms. The largest absolute Gasteiger partial charge is 0.313 e. The molecule has 0 saturated carbocycles. The molecule has 178 valence electrons. The van der Waals surface area contributed by atoms with Gasteiger partial charge >= 0.3 is 0 Å². The van der Waals surface area contributed by atoms with E-state index < -0.39 is 11.8 Å². The van der Waals surface area contributed by atoms with Gasteiger partial charge in [-0.25, -0.2) is 0 Å². The van der Waals surface area contributed by atoms with Gasteiger partial charge in [-0.1, -0.05) is 73.7 Å². The van der Waals surface area contributed by atoms with E-state index in [2.05, 4.69) is 9.88 Å². The van der Waals surface area contributed by atoms with Crippen molar-refractivity contribution in [2.75, 3.05) is 4.90 Å². The highest BCUT2D eigenvalue weighted by molar-refractivity contribution is 7.80. The number of aromatic nitrogens is 1. The number of hydrogen-bond acceptors (Lipinski definition) is 3. The number of thiocarbonyl (C=S) groups is 1. The van der Waals surface area contributed by atoms with E-state index in [0.717, 1.165) is 40.2 Å². The molecule has 0 aliphatic carbocycles. The second-order valence-corrected chi connectivity index (χ2v) is 8.93. The van der Waals surface area contributed by atoms with E-state index in [1.807, 2.05) is 105 Å². The van der Waals surface area contributed by atoms with Crippen LogP contribution in [-0.4, -0.2) is 21.5 Å². The number of benzene rings is 3. The lowest BCUT2D eigenvalue weighted by molar-refractivity contribution is -0.122. The van der Waals surface area contributed by atoms with E-state index >= 15 is 0 Å². The van der Waals surface area contributed by atoms with Crippen LogP contribution in [0.1, 0.15) is 23.7 Å². The van der Waals surface area contributed by atoms with Crippen molar-refractivity contribution in [3.05, 3.63) is 113 Å². The zero-order chi connectivity index (χ0) is 25.2. The molecule has 36 heavy (non-hydrogen) atoms. The van der Waals surface area contributed by atoms with Crippen LogP contribution >= 0.6 is 12.2 Å². The lowest BCUT2D eigenvalue weighted by atomic mass is 10.0. The van der Waals surface area contributed by atoms with Crippen LogP contribution < -0.4 is 10.2 Å². The number of rotatable bonds is 5. The molecule has 6 heteroatoms. The van der Waals surface area contributed by atoms with Crippen LogP contribution in [0.5, 0.6) is 0 Å². The van der Waals surface area contributed by atoms with Gasteiger partial charge in [0.15, 0.2) is 5.11 Å². The molecule has 5 nitrogen and oxygen atoms in total. The molecule has 1 aliphatic rings. The Hall–Kier alpha value is -4.29. The van der Waals surface area contributed by atoms with Gasteiger partial charge in [0.05, 0.1) is 11.4 Å².